The summed E-state index contributed by atoms with van der Waals surface area (Å²) in [6.07, 6.45) is 2.05. The van der Waals surface area contributed by atoms with Crippen LogP contribution in [0.5, 0.6) is 0 Å². The summed E-state index contributed by atoms with van der Waals surface area (Å²) >= 11 is 0. The zero-order chi connectivity index (χ0) is 10.1. The quantitative estimate of drug-likeness (QED) is 0.725. The van der Waals surface area contributed by atoms with Gasteiger partial charge in [0.1, 0.15) is 5.60 Å². The van der Waals surface area contributed by atoms with Crippen molar-refractivity contribution >= 4 is 5.78 Å². The van der Waals surface area contributed by atoms with Gasteiger partial charge in [0.15, 0.2) is 0 Å². The second-order valence-electron chi connectivity index (χ2n) is 3.72. The fourth-order valence-electron chi connectivity index (χ4n) is 1.78. The molecule has 0 radical (unpaired) electrons. The van der Waals surface area contributed by atoms with Gasteiger partial charge in [-0.25, -0.2) is 0 Å². The van der Waals surface area contributed by atoms with Crippen molar-refractivity contribution in [2.75, 3.05) is 0 Å². The number of hydrogen-bond acceptors (Lipinski definition) is 2. The fourth-order valence-corrected chi connectivity index (χ4v) is 1.78. The third-order valence-electron chi connectivity index (χ3n) is 2.71. The Morgan fingerprint density at radius 1 is 1.31 bits per heavy atom. The Bertz CT molecular complexity index is 208. The van der Waals surface area contributed by atoms with E-state index in [2.05, 4.69) is 0 Å². The lowest BCUT2D eigenvalue weighted by molar-refractivity contribution is -0.197. The third kappa shape index (κ3) is 1.73. The minimum absolute atomic E-state index is 0.0274. The molecule has 0 aromatic rings. The summed E-state index contributed by atoms with van der Waals surface area (Å²) in [5.74, 6) is -4.81. The van der Waals surface area contributed by atoms with Crippen LogP contribution in [0.3, 0.4) is 0 Å². The highest BCUT2D eigenvalue weighted by Crippen LogP contribution is 2.40. The van der Waals surface area contributed by atoms with E-state index in [0.29, 0.717) is 12.8 Å². The summed E-state index contributed by atoms with van der Waals surface area (Å²) in [6.45, 7) is 0.826. The average molecular weight is 192 g/mol. The van der Waals surface area contributed by atoms with Gasteiger partial charge in [-0.1, -0.05) is 19.3 Å². The first-order valence-corrected chi connectivity index (χ1v) is 4.51. The van der Waals surface area contributed by atoms with E-state index < -0.39 is 17.3 Å². The summed E-state index contributed by atoms with van der Waals surface area (Å²) in [5.41, 5.74) is -2.09. The molecular formula is C9H14F2O2. The molecular weight excluding hydrogens is 178 g/mol. The van der Waals surface area contributed by atoms with Gasteiger partial charge in [0.25, 0.3) is 0 Å². The van der Waals surface area contributed by atoms with Gasteiger partial charge < -0.3 is 5.11 Å². The standard InChI is InChI=1S/C9H14F2O2/c1-7(12)9(10,11)8(13)5-3-2-4-6-8/h13H,2-6H2,1H3. The van der Waals surface area contributed by atoms with E-state index in [1.165, 1.54) is 0 Å². The van der Waals surface area contributed by atoms with E-state index in [1.54, 1.807) is 0 Å². The first-order chi connectivity index (χ1) is 5.90. The maximum atomic E-state index is 13.2. The molecule has 1 N–H and O–H groups in total. The van der Waals surface area contributed by atoms with Gasteiger partial charge in [-0.05, 0) is 12.8 Å². The van der Waals surface area contributed by atoms with Gasteiger partial charge >= 0.3 is 5.92 Å². The number of aliphatic hydroxyl groups is 1. The Morgan fingerprint density at radius 2 is 1.77 bits per heavy atom. The number of hydrogen-bond donors (Lipinski definition) is 1. The smallest absolute Gasteiger partial charge is 0.332 e. The third-order valence-corrected chi connectivity index (χ3v) is 2.71. The second-order valence-corrected chi connectivity index (χ2v) is 3.72. The molecule has 76 valence electrons. The topological polar surface area (TPSA) is 37.3 Å². The van der Waals surface area contributed by atoms with Gasteiger partial charge in [0.05, 0.1) is 0 Å². The molecule has 0 amide bonds. The number of Topliss-reactive ketones (excluding diaryl/α,β-unsaturated/α-hetero) is 1. The van der Waals surface area contributed by atoms with Crippen molar-refractivity contribution in [3.8, 4) is 0 Å². The molecule has 1 saturated carbocycles. The summed E-state index contributed by atoms with van der Waals surface area (Å²) in [7, 11) is 0. The van der Waals surface area contributed by atoms with E-state index in [1.807, 2.05) is 0 Å². The summed E-state index contributed by atoms with van der Waals surface area (Å²) in [6, 6.07) is 0. The maximum Gasteiger partial charge on any atom is 0.332 e. The fraction of sp³-hybridized carbons (Fsp3) is 0.889. The van der Waals surface area contributed by atoms with Gasteiger partial charge in [-0.2, -0.15) is 8.78 Å². The molecule has 1 aliphatic carbocycles. The Morgan fingerprint density at radius 3 is 2.15 bits per heavy atom. The molecule has 2 nitrogen and oxygen atoms in total. The van der Waals surface area contributed by atoms with Gasteiger partial charge in [0.2, 0.25) is 5.78 Å². The molecule has 1 aliphatic rings. The number of carbonyl (C=O) groups excluding carboxylic acids is 1. The van der Waals surface area contributed by atoms with E-state index in [9.17, 15) is 18.7 Å². The molecule has 0 aromatic carbocycles. The monoisotopic (exact) mass is 192 g/mol. The predicted octanol–water partition coefficient (Wildman–Crippen LogP) is 1.91. The summed E-state index contributed by atoms with van der Waals surface area (Å²) in [4.78, 5) is 10.7. The molecule has 1 rings (SSSR count). The highest BCUT2D eigenvalue weighted by molar-refractivity contribution is 5.84. The lowest BCUT2D eigenvalue weighted by Gasteiger charge is -2.37. The number of ketones is 1. The van der Waals surface area contributed by atoms with Gasteiger partial charge in [0, 0.05) is 6.92 Å². The molecule has 13 heavy (non-hydrogen) atoms. The van der Waals surface area contributed by atoms with E-state index in [0.717, 1.165) is 13.3 Å². The molecule has 0 saturated heterocycles. The molecule has 0 unspecified atom stereocenters. The predicted molar refractivity (Wildman–Crippen MR) is 43.7 cm³/mol. The maximum absolute atomic E-state index is 13.2. The number of halogens is 2. The SMILES string of the molecule is CC(=O)C(F)(F)C1(O)CCCCC1. The molecule has 4 heteroatoms. The van der Waals surface area contributed by atoms with E-state index in [4.69, 9.17) is 0 Å². The number of rotatable bonds is 2. The second kappa shape index (κ2) is 3.33. The molecule has 0 aliphatic heterocycles. The molecule has 0 bridgehead atoms. The van der Waals surface area contributed by atoms with Crippen LogP contribution < -0.4 is 0 Å². The highest BCUT2D eigenvalue weighted by atomic mass is 19.3. The summed E-state index contributed by atoms with van der Waals surface area (Å²) < 4.78 is 26.4. The van der Waals surface area contributed by atoms with Crippen molar-refractivity contribution in [3.05, 3.63) is 0 Å². The first kappa shape index (κ1) is 10.6. The van der Waals surface area contributed by atoms with Crippen LogP contribution in [0, 0.1) is 0 Å². The Kier molecular flexibility index (Phi) is 2.71. The Balaban J connectivity index is 2.82. The van der Waals surface area contributed by atoms with Gasteiger partial charge in [-0.3, -0.25) is 4.79 Å². The molecule has 0 heterocycles. The van der Waals surface area contributed by atoms with Crippen molar-refractivity contribution in [1.29, 1.82) is 0 Å². The average Bonchev–Trinajstić information content (AvgIpc) is 2.05. The summed E-state index contributed by atoms with van der Waals surface area (Å²) in [5, 5.41) is 9.60. The highest BCUT2D eigenvalue weighted by Gasteiger charge is 2.55. The van der Waals surface area contributed by atoms with Crippen LogP contribution in [0.1, 0.15) is 39.0 Å². The molecule has 1 fully saturated rings. The minimum Gasteiger partial charge on any atom is -0.383 e. The largest absolute Gasteiger partial charge is 0.383 e. The van der Waals surface area contributed by atoms with Crippen molar-refractivity contribution in [2.45, 2.75) is 50.6 Å². The Hall–Kier alpha value is -0.510. The van der Waals surface area contributed by atoms with Crippen LogP contribution in [0.15, 0.2) is 0 Å². The van der Waals surface area contributed by atoms with Crippen LogP contribution in [0.2, 0.25) is 0 Å². The first-order valence-electron chi connectivity index (χ1n) is 4.51. The van der Waals surface area contributed by atoms with Crippen molar-refractivity contribution in [1.82, 2.24) is 0 Å². The number of carbonyl (C=O) groups is 1. The van der Waals surface area contributed by atoms with Crippen molar-refractivity contribution in [3.63, 3.8) is 0 Å². The van der Waals surface area contributed by atoms with Crippen LogP contribution in [-0.4, -0.2) is 22.4 Å². The van der Waals surface area contributed by atoms with Crippen LogP contribution in [0.25, 0.3) is 0 Å². The zero-order valence-electron chi connectivity index (χ0n) is 7.65. The van der Waals surface area contributed by atoms with Crippen molar-refractivity contribution in [2.24, 2.45) is 0 Å². The van der Waals surface area contributed by atoms with Crippen molar-refractivity contribution < 1.29 is 18.7 Å². The molecule has 0 spiro atoms. The van der Waals surface area contributed by atoms with E-state index >= 15 is 0 Å². The van der Waals surface area contributed by atoms with E-state index in [-0.39, 0.29) is 12.8 Å². The molecule has 0 aromatic heterocycles. The lowest BCUT2D eigenvalue weighted by atomic mass is 9.79. The minimum atomic E-state index is -3.58. The molecule has 0 atom stereocenters. The normalized spacial score (nSPS) is 22.8. The van der Waals surface area contributed by atoms with Gasteiger partial charge in [-0.15, -0.1) is 0 Å². The zero-order valence-corrected chi connectivity index (χ0v) is 7.65. The lowest BCUT2D eigenvalue weighted by Crippen LogP contribution is -2.53. The number of alkyl halides is 2. The van der Waals surface area contributed by atoms with Crippen LogP contribution in [-0.2, 0) is 4.79 Å². The van der Waals surface area contributed by atoms with Crippen LogP contribution in [0.4, 0.5) is 8.78 Å². The van der Waals surface area contributed by atoms with Crippen LogP contribution >= 0.6 is 0 Å². The Labute approximate surface area is 75.9 Å².